The summed E-state index contributed by atoms with van der Waals surface area (Å²) in [6.07, 6.45) is 1.96. The number of para-hydroxylation sites is 1. The lowest BCUT2D eigenvalue weighted by Gasteiger charge is -2.12. The second-order valence-corrected chi connectivity index (χ2v) is 4.86. The molecule has 0 spiro atoms. The summed E-state index contributed by atoms with van der Waals surface area (Å²) in [4.78, 5) is 8.80. The first-order valence-corrected chi connectivity index (χ1v) is 7.44. The Morgan fingerprint density at radius 1 is 1.20 bits per heavy atom. The van der Waals surface area contributed by atoms with Gasteiger partial charge in [-0.05, 0) is 12.3 Å². The van der Waals surface area contributed by atoms with Crippen LogP contribution >= 0.6 is 11.8 Å². The zero-order chi connectivity index (χ0) is 14.4. The van der Waals surface area contributed by atoms with Crippen molar-refractivity contribution in [1.29, 1.82) is 0 Å². The highest BCUT2D eigenvalue weighted by Crippen LogP contribution is 2.23. The van der Waals surface area contributed by atoms with Crippen molar-refractivity contribution in [2.75, 3.05) is 31.0 Å². The van der Waals surface area contributed by atoms with Gasteiger partial charge in [0.1, 0.15) is 11.6 Å². The fourth-order valence-corrected chi connectivity index (χ4v) is 2.15. The molecule has 0 atom stereocenters. The summed E-state index contributed by atoms with van der Waals surface area (Å²) in [5.74, 6) is 1.55. The maximum absolute atomic E-state index is 5.21. The first kappa shape index (κ1) is 14.6. The molecule has 1 heterocycles. The topological polar surface area (TPSA) is 59.1 Å². The molecule has 0 radical (unpaired) electrons. The van der Waals surface area contributed by atoms with Gasteiger partial charge in [0.05, 0.1) is 6.61 Å². The molecule has 0 bridgehead atoms. The van der Waals surface area contributed by atoms with Crippen LogP contribution in [0.2, 0.25) is 0 Å². The summed E-state index contributed by atoms with van der Waals surface area (Å²) in [6, 6.07) is 9.89. The number of nitrogens with zero attached hydrogens (tertiary/aromatic N) is 2. The van der Waals surface area contributed by atoms with Gasteiger partial charge in [0.25, 0.3) is 0 Å². The number of hydrogen-bond acceptors (Lipinski definition) is 6. The molecule has 0 amide bonds. The lowest BCUT2D eigenvalue weighted by molar-refractivity contribution is 0.185. The first-order chi connectivity index (χ1) is 9.76. The van der Waals surface area contributed by atoms with Gasteiger partial charge >= 0.3 is 0 Å². The maximum atomic E-state index is 5.21. The van der Waals surface area contributed by atoms with Crippen LogP contribution in [-0.2, 0) is 11.3 Å². The maximum Gasteiger partial charge on any atom is 0.191 e. The number of rotatable bonds is 6. The van der Waals surface area contributed by atoms with Gasteiger partial charge in [0.15, 0.2) is 5.16 Å². The smallest absolute Gasteiger partial charge is 0.191 e. The molecule has 6 heteroatoms. The highest BCUT2D eigenvalue weighted by Gasteiger charge is 2.06. The first-order valence-electron chi connectivity index (χ1n) is 6.21. The van der Waals surface area contributed by atoms with Crippen molar-refractivity contribution in [1.82, 2.24) is 9.97 Å². The number of hydrogen-bond donors (Lipinski definition) is 2. The summed E-state index contributed by atoms with van der Waals surface area (Å²) in [5, 5.41) is 7.09. The van der Waals surface area contributed by atoms with Crippen LogP contribution in [0, 0.1) is 0 Å². The summed E-state index contributed by atoms with van der Waals surface area (Å²) < 4.78 is 5.21. The predicted molar refractivity (Wildman–Crippen MR) is 83.8 cm³/mol. The van der Waals surface area contributed by atoms with E-state index in [2.05, 4.69) is 20.6 Å². The molecule has 106 valence electrons. The van der Waals surface area contributed by atoms with Gasteiger partial charge in [0, 0.05) is 31.5 Å². The molecule has 1 aromatic heterocycles. The predicted octanol–water partition coefficient (Wildman–Crippen LogP) is 3.13. The van der Waals surface area contributed by atoms with Gasteiger partial charge in [-0.1, -0.05) is 30.0 Å². The van der Waals surface area contributed by atoms with Crippen molar-refractivity contribution in [3.05, 3.63) is 35.9 Å². The van der Waals surface area contributed by atoms with Gasteiger partial charge in [-0.2, -0.15) is 0 Å². The van der Waals surface area contributed by atoms with E-state index >= 15 is 0 Å². The quantitative estimate of drug-likeness (QED) is 0.629. The van der Waals surface area contributed by atoms with Crippen LogP contribution in [0.3, 0.4) is 0 Å². The largest absolute Gasteiger partial charge is 0.380 e. The number of methoxy groups -OCH3 is 1. The van der Waals surface area contributed by atoms with E-state index in [0.29, 0.717) is 6.61 Å². The number of nitrogens with one attached hydrogen (secondary N) is 2. The molecular weight excluding hydrogens is 272 g/mol. The third-order valence-electron chi connectivity index (χ3n) is 2.72. The molecule has 0 unspecified atom stereocenters. The van der Waals surface area contributed by atoms with Gasteiger partial charge in [-0.15, -0.1) is 0 Å². The lowest BCUT2D eigenvalue weighted by Crippen LogP contribution is -2.02. The Balaban J connectivity index is 2.29. The normalized spacial score (nSPS) is 10.3. The van der Waals surface area contributed by atoms with Crippen molar-refractivity contribution in [3.8, 4) is 0 Å². The second kappa shape index (κ2) is 7.12. The minimum atomic E-state index is 0.558. The Kier molecular flexibility index (Phi) is 5.20. The number of benzene rings is 1. The van der Waals surface area contributed by atoms with Crippen LogP contribution in [0.1, 0.15) is 5.56 Å². The fourth-order valence-electron chi connectivity index (χ4n) is 1.77. The van der Waals surface area contributed by atoms with Crippen LogP contribution in [0.25, 0.3) is 0 Å². The average molecular weight is 290 g/mol. The van der Waals surface area contributed by atoms with Crippen LogP contribution in [0.15, 0.2) is 35.5 Å². The molecule has 20 heavy (non-hydrogen) atoms. The molecular formula is C14H18N4OS. The van der Waals surface area contributed by atoms with Gasteiger partial charge in [0.2, 0.25) is 0 Å². The van der Waals surface area contributed by atoms with E-state index in [9.17, 15) is 0 Å². The van der Waals surface area contributed by atoms with Gasteiger partial charge in [-0.3, -0.25) is 0 Å². The van der Waals surface area contributed by atoms with Gasteiger partial charge in [-0.25, -0.2) is 9.97 Å². The lowest BCUT2D eigenvalue weighted by atomic mass is 10.2. The van der Waals surface area contributed by atoms with Crippen LogP contribution in [-0.4, -0.2) is 30.4 Å². The van der Waals surface area contributed by atoms with Crippen molar-refractivity contribution in [2.24, 2.45) is 0 Å². The SMILES string of the molecule is CNc1cc(Nc2ccccc2COC)nc(SC)n1. The highest BCUT2D eigenvalue weighted by atomic mass is 32.2. The van der Waals surface area contributed by atoms with E-state index < -0.39 is 0 Å². The molecule has 2 N–H and O–H groups in total. The number of ether oxygens (including phenoxy) is 1. The number of aromatic nitrogens is 2. The summed E-state index contributed by atoms with van der Waals surface area (Å²) >= 11 is 1.51. The van der Waals surface area contributed by atoms with E-state index in [0.717, 1.165) is 28.0 Å². The molecule has 0 aliphatic rings. The fraction of sp³-hybridized carbons (Fsp3) is 0.286. The van der Waals surface area contributed by atoms with Crippen LogP contribution in [0.5, 0.6) is 0 Å². The summed E-state index contributed by atoms with van der Waals surface area (Å²) in [6.45, 7) is 0.558. The minimum Gasteiger partial charge on any atom is -0.380 e. The monoisotopic (exact) mass is 290 g/mol. The zero-order valence-electron chi connectivity index (χ0n) is 11.8. The number of thioether (sulfide) groups is 1. The van der Waals surface area contributed by atoms with E-state index in [-0.39, 0.29) is 0 Å². The van der Waals surface area contributed by atoms with Gasteiger partial charge < -0.3 is 15.4 Å². The molecule has 2 rings (SSSR count). The van der Waals surface area contributed by atoms with Crippen molar-refractivity contribution >= 4 is 29.1 Å². The molecule has 0 saturated carbocycles. The molecule has 1 aromatic carbocycles. The Morgan fingerprint density at radius 2 is 1.95 bits per heavy atom. The Hall–Kier alpha value is -1.79. The van der Waals surface area contributed by atoms with Crippen LogP contribution in [0.4, 0.5) is 17.3 Å². The average Bonchev–Trinajstić information content (AvgIpc) is 2.49. The Morgan fingerprint density at radius 3 is 2.65 bits per heavy atom. The molecule has 0 aliphatic heterocycles. The molecule has 0 saturated heterocycles. The molecule has 5 nitrogen and oxygen atoms in total. The minimum absolute atomic E-state index is 0.558. The Bertz CT molecular complexity index is 555. The van der Waals surface area contributed by atoms with E-state index in [1.54, 1.807) is 7.11 Å². The molecule has 0 fully saturated rings. The number of anilines is 3. The van der Waals surface area contributed by atoms with Crippen molar-refractivity contribution in [3.63, 3.8) is 0 Å². The van der Waals surface area contributed by atoms with E-state index in [1.807, 2.05) is 43.6 Å². The van der Waals surface area contributed by atoms with E-state index in [1.165, 1.54) is 11.8 Å². The summed E-state index contributed by atoms with van der Waals surface area (Å²) in [7, 11) is 3.53. The highest BCUT2D eigenvalue weighted by molar-refractivity contribution is 7.98. The molecule has 0 aliphatic carbocycles. The van der Waals surface area contributed by atoms with E-state index in [4.69, 9.17) is 4.74 Å². The zero-order valence-corrected chi connectivity index (χ0v) is 12.6. The Labute approximate surface area is 123 Å². The van der Waals surface area contributed by atoms with Crippen molar-refractivity contribution in [2.45, 2.75) is 11.8 Å². The molecule has 2 aromatic rings. The standard InChI is InChI=1S/C14H18N4OS/c1-15-12-8-13(18-14(17-12)20-3)16-11-7-5-4-6-10(11)9-19-2/h4-8H,9H2,1-3H3,(H2,15,16,17,18). The second-order valence-electron chi connectivity index (χ2n) is 4.09. The van der Waals surface area contributed by atoms with Crippen molar-refractivity contribution < 1.29 is 4.74 Å². The third kappa shape index (κ3) is 3.61. The van der Waals surface area contributed by atoms with Crippen LogP contribution < -0.4 is 10.6 Å². The third-order valence-corrected chi connectivity index (χ3v) is 3.27. The summed E-state index contributed by atoms with van der Waals surface area (Å²) in [5.41, 5.74) is 2.08.